The van der Waals surface area contributed by atoms with Crippen LogP contribution in [0.25, 0.3) is 22.5 Å². The Bertz CT molecular complexity index is 2910. The minimum absolute atomic E-state index is 0.0253. The lowest BCUT2D eigenvalue weighted by atomic mass is 9.77. The van der Waals surface area contributed by atoms with Crippen LogP contribution >= 0.6 is 0 Å². The van der Waals surface area contributed by atoms with E-state index in [2.05, 4.69) is 49.0 Å². The quantitative estimate of drug-likeness (QED) is 0.0366. The number of pyridine rings is 2. The maximum absolute atomic E-state index is 13.1. The first-order valence-electron chi connectivity index (χ1n) is 30.7. The predicted molar refractivity (Wildman–Crippen MR) is 325 cm³/mol. The van der Waals surface area contributed by atoms with Gasteiger partial charge in [-0.2, -0.15) is 0 Å². The lowest BCUT2D eigenvalue weighted by molar-refractivity contribution is -0.156. The number of unbranched alkanes of at least 4 members (excludes halogenated alkanes) is 8. The summed E-state index contributed by atoms with van der Waals surface area (Å²) in [5.74, 6) is 1.67. The molecule has 0 bridgehead atoms. The minimum atomic E-state index is -0.583. The highest BCUT2D eigenvalue weighted by atomic mass is 16.6. The van der Waals surface area contributed by atoms with E-state index in [0.717, 1.165) is 124 Å². The average molecular weight is 1160 g/mol. The maximum atomic E-state index is 13.1. The molecule has 0 spiro atoms. The summed E-state index contributed by atoms with van der Waals surface area (Å²) >= 11 is 0. The summed E-state index contributed by atoms with van der Waals surface area (Å²) in [6.45, 7) is 25.4. The summed E-state index contributed by atoms with van der Waals surface area (Å²) in [7, 11) is 3.25. The minimum Gasteiger partial charge on any atom is -0.493 e. The number of hydrogen-bond acceptors (Lipinski definition) is 14. The Morgan fingerprint density at radius 2 is 0.869 bits per heavy atom. The number of benzene rings is 2. The number of fused-ring (bicyclic) bond motifs is 12. The SMILES string of the molecule is CCOC(=O)c1cn2c(cc1=O)-c1cc(OC)c(OCCCCCCCC(=O)OC(C)(C)C)cc1[C@@H]1CCC(C)(C)C12.CCOC(=O)c1cn2c(cc1=O)-c1cc(OC)c(OCCCCCCCC(=O)OC(C)(C)C)cc1[C@H]1CCC(C)(C)[C@H]12. The largest absolute Gasteiger partial charge is 0.493 e. The first-order valence-corrected chi connectivity index (χ1v) is 30.7. The van der Waals surface area contributed by atoms with Crippen LogP contribution in [0.1, 0.15) is 242 Å². The van der Waals surface area contributed by atoms with E-state index in [-0.39, 0.29) is 81.9 Å². The van der Waals surface area contributed by atoms with Crippen molar-refractivity contribution in [1.29, 1.82) is 0 Å². The van der Waals surface area contributed by atoms with Crippen molar-refractivity contribution in [3.05, 3.63) is 91.5 Å². The molecule has 0 N–H and O–H groups in total. The molecule has 16 heteroatoms. The first-order chi connectivity index (χ1) is 39.7. The van der Waals surface area contributed by atoms with E-state index in [0.29, 0.717) is 49.1 Å². The number of aromatic nitrogens is 2. The van der Waals surface area contributed by atoms with Gasteiger partial charge in [-0.3, -0.25) is 19.2 Å². The van der Waals surface area contributed by atoms with E-state index in [1.807, 2.05) is 53.7 Å². The zero-order valence-electron chi connectivity index (χ0n) is 52.7. The lowest BCUT2D eigenvalue weighted by Gasteiger charge is -2.40. The molecule has 16 nitrogen and oxygen atoms in total. The van der Waals surface area contributed by atoms with E-state index in [4.69, 9.17) is 37.9 Å². The second-order valence-electron chi connectivity index (χ2n) is 26.4. The van der Waals surface area contributed by atoms with Gasteiger partial charge in [-0.1, -0.05) is 66.2 Å². The Hall–Kier alpha value is -6.58. The van der Waals surface area contributed by atoms with Gasteiger partial charge in [0.1, 0.15) is 22.3 Å². The smallest absolute Gasteiger partial charge is 0.343 e. The van der Waals surface area contributed by atoms with Crippen LogP contribution in [0.5, 0.6) is 23.0 Å². The molecule has 460 valence electrons. The van der Waals surface area contributed by atoms with Gasteiger partial charge in [0.15, 0.2) is 33.9 Å². The second kappa shape index (κ2) is 27.6. The van der Waals surface area contributed by atoms with E-state index < -0.39 is 23.1 Å². The van der Waals surface area contributed by atoms with E-state index in [9.17, 15) is 28.8 Å². The Labute approximate surface area is 497 Å². The number of esters is 4. The van der Waals surface area contributed by atoms with Crippen molar-refractivity contribution >= 4 is 23.9 Å². The third-order valence-corrected chi connectivity index (χ3v) is 16.7. The van der Waals surface area contributed by atoms with Gasteiger partial charge in [-0.05, 0) is 153 Å². The van der Waals surface area contributed by atoms with Crippen molar-refractivity contribution in [2.75, 3.05) is 40.6 Å². The highest BCUT2D eigenvalue weighted by Crippen LogP contribution is 2.61. The summed E-state index contributed by atoms with van der Waals surface area (Å²) < 4.78 is 49.3. The molecule has 84 heavy (non-hydrogen) atoms. The monoisotopic (exact) mass is 1160 g/mol. The van der Waals surface area contributed by atoms with Crippen LogP contribution in [0.2, 0.25) is 0 Å². The highest BCUT2D eigenvalue weighted by molar-refractivity contribution is 5.90. The van der Waals surface area contributed by atoms with Crippen LogP contribution in [-0.2, 0) is 28.5 Å². The summed E-state index contributed by atoms with van der Waals surface area (Å²) in [5, 5.41) is 0. The van der Waals surface area contributed by atoms with Crippen LogP contribution in [0.4, 0.5) is 0 Å². The third kappa shape index (κ3) is 15.6. The summed E-state index contributed by atoms with van der Waals surface area (Å²) in [4.78, 5) is 75.0. The normalized spacial score (nSPS) is 18.5. The van der Waals surface area contributed by atoms with E-state index >= 15 is 0 Å². The van der Waals surface area contributed by atoms with Crippen molar-refractivity contribution in [2.24, 2.45) is 10.8 Å². The standard InChI is InChI=1S/2C34H47NO7/c2*1-8-40-32(38)25-21-35-26(20-27(25)36)24-19-28(39-7)29(18-23(24)22-15-16-34(5,6)31(22)35)41-17-13-11-9-10-12-14-30(37)42-33(2,3)4/h2*18-22,31H,8-17H2,1-7H3/t22-,31?;22-,31+/m01/s1. The lowest BCUT2D eigenvalue weighted by Crippen LogP contribution is -2.32. The van der Waals surface area contributed by atoms with Crippen LogP contribution < -0.4 is 29.8 Å². The molecule has 4 heterocycles. The van der Waals surface area contributed by atoms with Gasteiger partial charge in [0, 0.05) is 72.4 Å². The van der Waals surface area contributed by atoms with Gasteiger partial charge in [-0.15, -0.1) is 0 Å². The number of ether oxygens (including phenoxy) is 8. The first kappa shape index (κ1) is 65.0. The molecule has 2 aliphatic heterocycles. The molecular weight excluding hydrogens is 1070 g/mol. The van der Waals surface area contributed by atoms with Gasteiger partial charge in [0.2, 0.25) is 0 Å². The fourth-order valence-corrected chi connectivity index (χ4v) is 13.0. The van der Waals surface area contributed by atoms with Gasteiger partial charge < -0.3 is 47.0 Å². The molecule has 2 aromatic heterocycles. The molecule has 0 amide bonds. The predicted octanol–water partition coefficient (Wildman–Crippen LogP) is 14.4. The highest BCUT2D eigenvalue weighted by Gasteiger charge is 2.49. The summed E-state index contributed by atoms with van der Waals surface area (Å²) in [6.07, 6.45) is 17.9. The van der Waals surface area contributed by atoms with E-state index in [1.165, 1.54) is 0 Å². The average Bonchev–Trinajstić information content (AvgIpc) is 1.47. The molecule has 4 aliphatic rings. The fraction of sp³-hybridized carbons (Fsp3) is 0.618. The molecule has 2 fully saturated rings. The van der Waals surface area contributed by atoms with Crippen molar-refractivity contribution < 1.29 is 57.1 Å². The molecule has 2 saturated carbocycles. The zero-order valence-corrected chi connectivity index (χ0v) is 52.7. The molecule has 2 aromatic carbocycles. The van der Waals surface area contributed by atoms with Crippen LogP contribution in [0, 0.1) is 10.8 Å². The molecule has 0 saturated heterocycles. The second-order valence-corrected chi connectivity index (χ2v) is 26.4. The maximum Gasteiger partial charge on any atom is 0.343 e. The number of rotatable bonds is 24. The Morgan fingerprint density at radius 1 is 0.512 bits per heavy atom. The number of carbonyl (C=O) groups excluding carboxylic acids is 4. The van der Waals surface area contributed by atoms with Crippen molar-refractivity contribution in [2.45, 2.75) is 221 Å². The summed E-state index contributed by atoms with van der Waals surface area (Å²) in [6, 6.07) is 11.5. The molecule has 4 aromatic rings. The molecule has 2 aliphatic carbocycles. The Morgan fingerprint density at radius 3 is 1.21 bits per heavy atom. The molecule has 1 unspecified atom stereocenters. The molecular formula is C68H94N2O14. The van der Waals surface area contributed by atoms with Crippen LogP contribution in [-0.4, -0.2) is 84.9 Å². The van der Waals surface area contributed by atoms with Crippen LogP contribution in [0.3, 0.4) is 0 Å². The van der Waals surface area contributed by atoms with Gasteiger partial charge in [0.25, 0.3) is 0 Å². The Balaban J connectivity index is 0.000000241. The zero-order chi connectivity index (χ0) is 61.3. The van der Waals surface area contributed by atoms with E-state index in [1.54, 1.807) is 52.6 Å². The molecule has 8 rings (SSSR count). The van der Waals surface area contributed by atoms with Crippen molar-refractivity contribution in [3.8, 4) is 45.5 Å². The number of hydrogen-bond donors (Lipinski definition) is 0. The number of methoxy groups -OCH3 is 2. The number of nitrogens with zero attached hydrogens (tertiary/aromatic N) is 2. The summed E-state index contributed by atoms with van der Waals surface area (Å²) in [5.41, 5.74) is 4.31. The molecule has 0 radical (unpaired) electrons. The topological polar surface area (TPSA) is 186 Å². The number of carbonyl (C=O) groups is 4. The Kier molecular flexibility index (Phi) is 21.4. The third-order valence-electron chi connectivity index (χ3n) is 16.7. The molecule has 4 atom stereocenters. The van der Waals surface area contributed by atoms with Gasteiger partial charge >= 0.3 is 23.9 Å². The van der Waals surface area contributed by atoms with Crippen molar-refractivity contribution in [1.82, 2.24) is 9.13 Å². The van der Waals surface area contributed by atoms with Gasteiger partial charge in [-0.25, -0.2) is 9.59 Å². The fourth-order valence-electron chi connectivity index (χ4n) is 13.0. The van der Waals surface area contributed by atoms with Gasteiger partial charge in [0.05, 0.1) is 52.0 Å². The van der Waals surface area contributed by atoms with Crippen molar-refractivity contribution in [3.63, 3.8) is 0 Å². The van der Waals surface area contributed by atoms with Crippen LogP contribution in [0.15, 0.2) is 58.4 Å².